The molecule has 7 nitrogen and oxygen atoms in total. The van der Waals surface area contributed by atoms with Crippen LogP contribution in [0.15, 0.2) is 41.0 Å². The minimum Gasteiger partial charge on any atom is -0.459 e. The van der Waals surface area contributed by atoms with Crippen molar-refractivity contribution in [3.05, 3.63) is 53.7 Å². The number of piperidine rings is 1. The summed E-state index contributed by atoms with van der Waals surface area (Å²) in [5, 5.41) is 5.88. The first kappa shape index (κ1) is 18.1. The molecule has 1 aromatic heterocycles. The number of carbonyl (C=O) groups excluding carboxylic acids is 2. The molecule has 26 heavy (non-hydrogen) atoms. The normalized spacial score (nSPS) is 16.0. The van der Waals surface area contributed by atoms with Crippen molar-refractivity contribution in [3.63, 3.8) is 0 Å². The Morgan fingerprint density at radius 3 is 2.77 bits per heavy atom. The van der Waals surface area contributed by atoms with Gasteiger partial charge in [0.15, 0.2) is 11.6 Å². The molecule has 2 N–H and O–H groups in total. The third kappa shape index (κ3) is 4.70. The smallest absolute Gasteiger partial charge is 0.328 e. The molecule has 0 spiro atoms. The van der Waals surface area contributed by atoms with E-state index in [0.717, 1.165) is 31.5 Å². The van der Waals surface area contributed by atoms with Gasteiger partial charge in [0.05, 0.1) is 0 Å². The lowest BCUT2D eigenvalue weighted by Crippen LogP contribution is -2.39. The fourth-order valence-electron chi connectivity index (χ4n) is 2.83. The number of oxazole rings is 1. The maximum Gasteiger partial charge on any atom is 0.328 e. The number of rotatable bonds is 6. The van der Waals surface area contributed by atoms with Crippen LogP contribution in [0.5, 0.6) is 0 Å². The van der Waals surface area contributed by atoms with Gasteiger partial charge in [0.25, 0.3) is 5.91 Å². The zero-order valence-electron chi connectivity index (χ0n) is 14.7. The molecular formula is C19H23N3O4. The van der Waals surface area contributed by atoms with Gasteiger partial charge in [-0.05, 0) is 38.4 Å². The van der Waals surface area contributed by atoms with Gasteiger partial charge in [0.1, 0.15) is 18.9 Å². The van der Waals surface area contributed by atoms with Crippen LogP contribution in [0.1, 0.15) is 47.6 Å². The summed E-state index contributed by atoms with van der Waals surface area (Å²) >= 11 is 0. The number of amides is 1. The molecule has 0 aliphatic carbocycles. The van der Waals surface area contributed by atoms with Crippen molar-refractivity contribution in [3.8, 4) is 0 Å². The second-order valence-corrected chi connectivity index (χ2v) is 6.38. The molecular weight excluding hydrogens is 334 g/mol. The van der Waals surface area contributed by atoms with Crippen LogP contribution in [0, 0.1) is 0 Å². The van der Waals surface area contributed by atoms with E-state index >= 15 is 0 Å². The third-order valence-electron chi connectivity index (χ3n) is 4.37. The Morgan fingerprint density at radius 1 is 1.31 bits per heavy atom. The summed E-state index contributed by atoms with van der Waals surface area (Å²) in [4.78, 5) is 28.6. The van der Waals surface area contributed by atoms with Gasteiger partial charge in [-0.1, -0.05) is 30.3 Å². The molecule has 1 aromatic carbocycles. The molecule has 1 saturated heterocycles. The van der Waals surface area contributed by atoms with Gasteiger partial charge in [-0.25, -0.2) is 9.78 Å². The molecule has 2 heterocycles. The fourth-order valence-corrected chi connectivity index (χ4v) is 2.83. The molecule has 3 rings (SSSR count). The van der Waals surface area contributed by atoms with Crippen LogP contribution in [0.2, 0.25) is 0 Å². The lowest BCUT2D eigenvalue weighted by atomic mass is 9.98. The topological polar surface area (TPSA) is 93.5 Å². The average molecular weight is 357 g/mol. The Balaban J connectivity index is 1.50. The van der Waals surface area contributed by atoms with Gasteiger partial charge in [-0.2, -0.15) is 0 Å². The average Bonchev–Trinajstić information content (AvgIpc) is 3.18. The number of benzene rings is 1. The summed E-state index contributed by atoms with van der Waals surface area (Å²) in [6.07, 6.45) is 3.21. The quantitative estimate of drug-likeness (QED) is 0.768. The summed E-state index contributed by atoms with van der Waals surface area (Å²) in [6, 6.07) is 8.61. The minimum absolute atomic E-state index is 0.170. The number of aromatic nitrogens is 1. The van der Waals surface area contributed by atoms with Gasteiger partial charge in [-0.3, -0.25) is 4.79 Å². The summed E-state index contributed by atoms with van der Waals surface area (Å²) in [7, 11) is 0. The largest absolute Gasteiger partial charge is 0.459 e. The molecule has 1 unspecified atom stereocenters. The van der Waals surface area contributed by atoms with Crippen LogP contribution in [-0.4, -0.2) is 36.0 Å². The van der Waals surface area contributed by atoms with E-state index < -0.39 is 17.9 Å². The van der Waals surface area contributed by atoms with Crippen LogP contribution in [0.4, 0.5) is 0 Å². The van der Waals surface area contributed by atoms with E-state index in [9.17, 15) is 9.59 Å². The Hall–Kier alpha value is -2.67. The highest BCUT2D eigenvalue weighted by Gasteiger charge is 2.24. The van der Waals surface area contributed by atoms with Crippen LogP contribution in [0.3, 0.4) is 0 Å². The Bertz CT molecular complexity index is 738. The molecule has 0 radical (unpaired) electrons. The molecule has 7 heteroatoms. The summed E-state index contributed by atoms with van der Waals surface area (Å²) in [5.74, 6) is -0.135. The summed E-state index contributed by atoms with van der Waals surface area (Å²) < 4.78 is 10.7. The van der Waals surface area contributed by atoms with E-state index in [1.165, 1.54) is 6.26 Å². The molecule has 1 aliphatic rings. The van der Waals surface area contributed by atoms with Gasteiger partial charge in [0, 0.05) is 5.92 Å². The first-order chi connectivity index (χ1) is 12.6. The van der Waals surface area contributed by atoms with E-state index in [2.05, 4.69) is 15.6 Å². The molecule has 1 amide bonds. The Morgan fingerprint density at radius 2 is 2.04 bits per heavy atom. The van der Waals surface area contributed by atoms with Crippen molar-refractivity contribution in [2.45, 2.75) is 38.3 Å². The van der Waals surface area contributed by atoms with Crippen LogP contribution in [0.25, 0.3) is 0 Å². The Kier molecular flexibility index (Phi) is 6.01. The highest BCUT2D eigenvalue weighted by molar-refractivity contribution is 5.94. The van der Waals surface area contributed by atoms with Gasteiger partial charge >= 0.3 is 5.97 Å². The van der Waals surface area contributed by atoms with E-state index in [0.29, 0.717) is 5.89 Å². The van der Waals surface area contributed by atoms with Crippen molar-refractivity contribution in [2.24, 2.45) is 0 Å². The van der Waals surface area contributed by atoms with E-state index in [4.69, 9.17) is 9.15 Å². The van der Waals surface area contributed by atoms with Crippen molar-refractivity contribution in [2.75, 3.05) is 13.1 Å². The maximum atomic E-state index is 12.3. The summed E-state index contributed by atoms with van der Waals surface area (Å²) in [6.45, 7) is 3.58. The van der Waals surface area contributed by atoms with Crippen LogP contribution >= 0.6 is 0 Å². The molecule has 0 bridgehead atoms. The number of nitrogens with one attached hydrogen (secondary N) is 2. The predicted molar refractivity (Wildman–Crippen MR) is 94.5 cm³/mol. The zero-order chi connectivity index (χ0) is 18.4. The Labute approximate surface area is 152 Å². The molecule has 1 fully saturated rings. The van der Waals surface area contributed by atoms with Crippen molar-refractivity contribution >= 4 is 11.9 Å². The van der Waals surface area contributed by atoms with Crippen LogP contribution in [-0.2, 0) is 16.1 Å². The lowest BCUT2D eigenvalue weighted by molar-refractivity contribution is -0.146. The zero-order valence-corrected chi connectivity index (χ0v) is 14.7. The molecule has 138 valence electrons. The number of hydrogen-bond donors (Lipinski definition) is 2. The monoisotopic (exact) mass is 357 g/mol. The molecule has 1 aliphatic heterocycles. The van der Waals surface area contributed by atoms with Crippen molar-refractivity contribution < 1.29 is 18.7 Å². The first-order valence-electron chi connectivity index (χ1n) is 8.81. The predicted octanol–water partition coefficient (Wildman–Crippen LogP) is 2.00. The molecule has 1 atom stereocenters. The number of nitrogens with zero attached hydrogens (tertiary/aromatic N) is 1. The number of ether oxygens (including phenoxy) is 1. The van der Waals surface area contributed by atoms with Crippen LogP contribution < -0.4 is 10.6 Å². The SMILES string of the molecule is CC(NC(=O)c1coc(C2CCNCC2)n1)C(=O)OCc1ccccc1. The van der Waals surface area contributed by atoms with Crippen molar-refractivity contribution in [1.82, 2.24) is 15.6 Å². The molecule has 2 aromatic rings. The van der Waals surface area contributed by atoms with E-state index in [-0.39, 0.29) is 18.2 Å². The summed E-state index contributed by atoms with van der Waals surface area (Å²) in [5.41, 5.74) is 1.07. The number of carbonyl (C=O) groups is 2. The van der Waals surface area contributed by atoms with E-state index in [1.54, 1.807) is 6.92 Å². The van der Waals surface area contributed by atoms with Gasteiger partial charge in [-0.15, -0.1) is 0 Å². The highest BCUT2D eigenvalue weighted by atomic mass is 16.5. The fraction of sp³-hybridized carbons (Fsp3) is 0.421. The first-order valence-corrected chi connectivity index (χ1v) is 8.81. The second-order valence-electron chi connectivity index (χ2n) is 6.38. The highest BCUT2D eigenvalue weighted by Crippen LogP contribution is 2.24. The number of hydrogen-bond acceptors (Lipinski definition) is 6. The van der Waals surface area contributed by atoms with Crippen molar-refractivity contribution in [1.29, 1.82) is 0 Å². The van der Waals surface area contributed by atoms with E-state index in [1.807, 2.05) is 30.3 Å². The third-order valence-corrected chi connectivity index (χ3v) is 4.37. The second kappa shape index (κ2) is 8.62. The number of esters is 1. The standard InChI is InChI=1S/C19H23N3O4/c1-13(19(24)26-11-14-5-3-2-4-6-14)21-17(23)16-12-25-18(22-16)15-7-9-20-10-8-15/h2-6,12-13,15,20H,7-11H2,1H3,(H,21,23). The van der Waals surface area contributed by atoms with Gasteiger partial charge in [0.2, 0.25) is 0 Å². The van der Waals surface area contributed by atoms with Gasteiger partial charge < -0.3 is 19.8 Å². The lowest BCUT2D eigenvalue weighted by Gasteiger charge is -2.19. The molecule has 0 saturated carbocycles. The maximum absolute atomic E-state index is 12.3. The minimum atomic E-state index is -0.773.